The monoisotopic (exact) mass is 395 g/mol. The van der Waals surface area contributed by atoms with Crippen molar-refractivity contribution in [2.24, 2.45) is 0 Å². The molecule has 0 unspecified atom stereocenters. The Hall–Kier alpha value is -2.66. The van der Waals surface area contributed by atoms with Gasteiger partial charge < -0.3 is 10.6 Å². The van der Waals surface area contributed by atoms with E-state index in [9.17, 15) is 4.79 Å². The van der Waals surface area contributed by atoms with Crippen LogP contribution in [0.5, 0.6) is 0 Å². The van der Waals surface area contributed by atoms with Gasteiger partial charge in [0.2, 0.25) is 0 Å². The number of nitrogens with one attached hydrogen (secondary N) is 2. The van der Waals surface area contributed by atoms with Crippen LogP contribution in [0.25, 0.3) is 0 Å². The van der Waals surface area contributed by atoms with Crippen LogP contribution in [0.2, 0.25) is 0 Å². The third-order valence-electron chi connectivity index (χ3n) is 3.69. The minimum absolute atomic E-state index is 0.244. The lowest BCUT2D eigenvalue weighted by atomic mass is 10.1. The number of hydrogen-bond acceptors (Lipinski definition) is 3. The van der Waals surface area contributed by atoms with Gasteiger partial charge >= 0.3 is 0 Å². The number of nitrogens with zero attached hydrogens (tertiary/aromatic N) is 1. The molecule has 4 nitrogen and oxygen atoms in total. The second-order valence-electron chi connectivity index (χ2n) is 5.71. The lowest BCUT2D eigenvalue weighted by Gasteiger charge is -2.10. The predicted molar refractivity (Wildman–Crippen MR) is 105 cm³/mol. The summed E-state index contributed by atoms with van der Waals surface area (Å²) in [5, 5.41) is 6.19. The first kappa shape index (κ1) is 17.2. The summed E-state index contributed by atoms with van der Waals surface area (Å²) < 4.78 is 0.831. The SMILES string of the molecule is Cc1cccc(CNc2ccnc(C(=O)Nc3ccccc3Br)c2)c1. The number of rotatable bonds is 5. The molecule has 0 aliphatic heterocycles. The molecule has 25 heavy (non-hydrogen) atoms. The zero-order valence-corrected chi connectivity index (χ0v) is 15.4. The van der Waals surface area contributed by atoms with Gasteiger partial charge in [0.1, 0.15) is 5.69 Å². The maximum absolute atomic E-state index is 12.4. The van der Waals surface area contributed by atoms with E-state index in [1.54, 1.807) is 12.3 Å². The van der Waals surface area contributed by atoms with Crippen molar-refractivity contribution in [1.29, 1.82) is 0 Å². The van der Waals surface area contributed by atoms with Gasteiger partial charge in [-0.15, -0.1) is 0 Å². The number of para-hydroxylation sites is 1. The van der Waals surface area contributed by atoms with Crippen LogP contribution in [0.3, 0.4) is 0 Å². The van der Waals surface area contributed by atoms with Gasteiger partial charge in [0.05, 0.1) is 5.69 Å². The van der Waals surface area contributed by atoms with Crippen molar-refractivity contribution < 1.29 is 4.79 Å². The fourth-order valence-corrected chi connectivity index (χ4v) is 2.82. The van der Waals surface area contributed by atoms with Crippen LogP contribution >= 0.6 is 15.9 Å². The van der Waals surface area contributed by atoms with Crippen LogP contribution < -0.4 is 10.6 Å². The van der Waals surface area contributed by atoms with Crippen molar-refractivity contribution in [3.8, 4) is 0 Å². The highest BCUT2D eigenvalue weighted by molar-refractivity contribution is 9.10. The van der Waals surface area contributed by atoms with Crippen LogP contribution in [-0.4, -0.2) is 10.9 Å². The number of halogens is 1. The summed E-state index contributed by atoms with van der Waals surface area (Å²) in [6.45, 7) is 2.76. The Balaban J connectivity index is 1.68. The van der Waals surface area contributed by atoms with Gasteiger partial charge in [0, 0.05) is 22.9 Å². The highest BCUT2D eigenvalue weighted by atomic mass is 79.9. The topological polar surface area (TPSA) is 54.0 Å². The first-order chi connectivity index (χ1) is 12.1. The van der Waals surface area contributed by atoms with Crippen molar-refractivity contribution in [1.82, 2.24) is 4.98 Å². The third kappa shape index (κ3) is 4.67. The number of anilines is 2. The molecule has 2 aromatic carbocycles. The molecular formula is C20H18BrN3O. The number of hydrogen-bond donors (Lipinski definition) is 2. The summed E-state index contributed by atoms with van der Waals surface area (Å²) in [4.78, 5) is 16.6. The number of aromatic nitrogens is 1. The number of carbonyl (C=O) groups excluding carboxylic acids is 1. The molecule has 3 aromatic rings. The third-order valence-corrected chi connectivity index (χ3v) is 4.39. The van der Waals surface area contributed by atoms with E-state index in [1.807, 2.05) is 36.4 Å². The van der Waals surface area contributed by atoms with Gasteiger partial charge in [0.15, 0.2) is 0 Å². The maximum atomic E-state index is 12.4. The van der Waals surface area contributed by atoms with Crippen LogP contribution in [0.15, 0.2) is 71.3 Å². The Morgan fingerprint density at radius 1 is 1.08 bits per heavy atom. The number of aryl methyl sites for hydroxylation is 1. The largest absolute Gasteiger partial charge is 0.381 e. The van der Waals surface area contributed by atoms with E-state index in [2.05, 4.69) is 56.7 Å². The molecule has 1 heterocycles. The van der Waals surface area contributed by atoms with Gasteiger partial charge in [-0.2, -0.15) is 0 Å². The Morgan fingerprint density at radius 3 is 2.72 bits per heavy atom. The molecule has 126 valence electrons. The number of pyridine rings is 1. The van der Waals surface area contributed by atoms with E-state index >= 15 is 0 Å². The summed E-state index contributed by atoms with van der Waals surface area (Å²) in [5.41, 5.74) is 4.35. The van der Waals surface area contributed by atoms with Gasteiger partial charge in [-0.25, -0.2) is 0 Å². The zero-order valence-electron chi connectivity index (χ0n) is 13.8. The van der Waals surface area contributed by atoms with Gasteiger partial charge in [0.25, 0.3) is 5.91 Å². The average Bonchev–Trinajstić information content (AvgIpc) is 2.62. The maximum Gasteiger partial charge on any atom is 0.274 e. The Bertz CT molecular complexity index is 895. The zero-order chi connectivity index (χ0) is 17.6. The van der Waals surface area contributed by atoms with Gasteiger partial charge in [-0.05, 0) is 52.7 Å². The Morgan fingerprint density at radius 2 is 1.92 bits per heavy atom. The molecule has 0 aliphatic carbocycles. The highest BCUT2D eigenvalue weighted by Gasteiger charge is 2.10. The van der Waals surface area contributed by atoms with E-state index in [-0.39, 0.29) is 5.91 Å². The number of benzene rings is 2. The molecule has 0 aliphatic rings. The van der Waals surface area contributed by atoms with Crippen molar-refractivity contribution in [3.63, 3.8) is 0 Å². The molecular weight excluding hydrogens is 378 g/mol. The number of amides is 1. The van der Waals surface area contributed by atoms with E-state index in [0.29, 0.717) is 17.9 Å². The van der Waals surface area contributed by atoms with Crippen molar-refractivity contribution in [2.75, 3.05) is 10.6 Å². The normalized spacial score (nSPS) is 10.3. The number of carbonyl (C=O) groups is 1. The van der Waals surface area contributed by atoms with Crippen LogP contribution in [0, 0.1) is 6.92 Å². The summed E-state index contributed by atoms with van der Waals surface area (Å²) in [6, 6.07) is 19.4. The van der Waals surface area contributed by atoms with E-state index in [4.69, 9.17) is 0 Å². The van der Waals surface area contributed by atoms with Crippen LogP contribution in [0.1, 0.15) is 21.6 Å². The predicted octanol–water partition coefficient (Wildman–Crippen LogP) is 5.02. The van der Waals surface area contributed by atoms with Crippen molar-refractivity contribution >= 4 is 33.2 Å². The summed E-state index contributed by atoms with van der Waals surface area (Å²) in [5.74, 6) is -0.244. The first-order valence-corrected chi connectivity index (χ1v) is 8.72. The molecule has 3 rings (SSSR count). The van der Waals surface area contributed by atoms with Gasteiger partial charge in [-0.3, -0.25) is 9.78 Å². The molecule has 2 N–H and O–H groups in total. The average molecular weight is 396 g/mol. The van der Waals surface area contributed by atoms with E-state index in [1.165, 1.54) is 11.1 Å². The highest BCUT2D eigenvalue weighted by Crippen LogP contribution is 2.22. The van der Waals surface area contributed by atoms with Crippen molar-refractivity contribution in [2.45, 2.75) is 13.5 Å². The summed E-state index contributed by atoms with van der Waals surface area (Å²) >= 11 is 3.42. The minimum Gasteiger partial charge on any atom is -0.381 e. The fraction of sp³-hybridized carbons (Fsp3) is 0.100. The Labute approximate surface area is 155 Å². The van der Waals surface area contributed by atoms with Crippen LogP contribution in [0.4, 0.5) is 11.4 Å². The molecule has 0 spiro atoms. The minimum atomic E-state index is -0.244. The molecule has 1 amide bonds. The standard InChI is InChI=1S/C20H18BrN3O/c1-14-5-4-6-15(11-14)13-23-16-9-10-22-19(12-16)20(25)24-18-8-3-2-7-17(18)21/h2-12H,13H2,1H3,(H,22,23)(H,24,25). The Kier molecular flexibility index (Phi) is 5.46. The quantitative estimate of drug-likeness (QED) is 0.637. The molecule has 5 heteroatoms. The fourth-order valence-electron chi connectivity index (χ4n) is 2.44. The smallest absolute Gasteiger partial charge is 0.274 e. The van der Waals surface area contributed by atoms with Gasteiger partial charge in [-0.1, -0.05) is 42.0 Å². The molecule has 0 radical (unpaired) electrons. The molecule has 0 atom stereocenters. The lowest BCUT2D eigenvalue weighted by molar-refractivity contribution is 0.102. The molecule has 0 saturated carbocycles. The summed E-state index contributed by atoms with van der Waals surface area (Å²) in [6.07, 6.45) is 1.63. The van der Waals surface area contributed by atoms with E-state index < -0.39 is 0 Å². The second kappa shape index (κ2) is 7.94. The molecule has 1 aromatic heterocycles. The molecule has 0 saturated heterocycles. The summed E-state index contributed by atoms with van der Waals surface area (Å²) in [7, 11) is 0. The van der Waals surface area contributed by atoms with E-state index in [0.717, 1.165) is 10.2 Å². The lowest BCUT2D eigenvalue weighted by Crippen LogP contribution is -2.14. The van der Waals surface area contributed by atoms with Crippen LogP contribution in [-0.2, 0) is 6.54 Å². The van der Waals surface area contributed by atoms with Crippen molar-refractivity contribution in [3.05, 3.63) is 88.2 Å². The molecule has 0 fully saturated rings. The first-order valence-electron chi connectivity index (χ1n) is 7.93. The molecule has 0 bridgehead atoms. The second-order valence-corrected chi connectivity index (χ2v) is 6.56.